The second-order valence-corrected chi connectivity index (χ2v) is 6.09. The van der Waals surface area contributed by atoms with Crippen molar-refractivity contribution in [2.75, 3.05) is 10.0 Å². The first-order chi connectivity index (χ1) is 10.9. The van der Waals surface area contributed by atoms with Gasteiger partial charge in [0.15, 0.2) is 0 Å². The van der Waals surface area contributed by atoms with Crippen LogP contribution < -0.4 is 20.7 Å². The maximum atomic E-state index is 11.3. The van der Waals surface area contributed by atoms with E-state index in [1.165, 1.54) is 6.07 Å². The quantitative estimate of drug-likeness (QED) is 0.572. The number of nitrogens with zero attached hydrogens (tertiary/aromatic N) is 1. The molecule has 0 aliphatic heterocycles. The van der Waals surface area contributed by atoms with Gasteiger partial charge in [-0.1, -0.05) is 6.07 Å². The maximum Gasteiger partial charge on any atom is 0.296 e. The van der Waals surface area contributed by atoms with Gasteiger partial charge in [-0.15, -0.1) is 0 Å². The summed E-state index contributed by atoms with van der Waals surface area (Å²) in [5, 5.41) is 8.85. The first kappa shape index (κ1) is 15.0. The van der Waals surface area contributed by atoms with Gasteiger partial charge in [-0.05, 0) is 30.3 Å². The maximum absolute atomic E-state index is 11.3. The molecule has 0 fully saturated rings. The lowest BCUT2D eigenvalue weighted by Crippen LogP contribution is -2.21. The molecule has 0 spiro atoms. The number of hydrogen-bond donors (Lipinski definition) is 4. The summed E-state index contributed by atoms with van der Waals surface area (Å²) in [6.45, 7) is 0. The molecule has 9 heteroatoms. The molecule has 3 rings (SSSR count). The molecule has 0 atom stereocenters. The van der Waals surface area contributed by atoms with Crippen molar-refractivity contribution in [2.24, 2.45) is 5.14 Å². The average molecular weight is 331 g/mol. The highest BCUT2D eigenvalue weighted by Crippen LogP contribution is 2.25. The number of aromatic amines is 1. The summed E-state index contributed by atoms with van der Waals surface area (Å²) in [5.41, 5.74) is 1.93. The Balaban J connectivity index is 1.96. The fraction of sp³-hybridized carbons (Fsp3) is 0. The molecular weight excluding hydrogens is 318 g/mol. The zero-order valence-electron chi connectivity index (χ0n) is 11.8. The summed E-state index contributed by atoms with van der Waals surface area (Å²) in [6.07, 6.45) is 1.56. The Morgan fingerprint density at radius 1 is 1.09 bits per heavy atom. The number of anilines is 3. The van der Waals surface area contributed by atoms with E-state index in [0.717, 1.165) is 11.1 Å². The zero-order valence-corrected chi connectivity index (χ0v) is 12.6. The molecule has 2 heterocycles. The van der Waals surface area contributed by atoms with Gasteiger partial charge in [0, 0.05) is 23.3 Å². The van der Waals surface area contributed by atoms with Gasteiger partial charge in [-0.2, -0.15) is 8.42 Å². The molecule has 5 N–H and O–H groups in total. The highest BCUT2D eigenvalue weighted by Gasteiger charge is 2.06. The van der Waals surface area contributed by atoms with Gasteiger partial charge >= 0.3 is 0 Å². The van der Waals surface area contributed by atoms with Crippen LogP contribution in [-0.2, 0) is 10.2 Å². The van der Waals surface area contributed by atoms with E-state index in [2.05, 4.69) is 20.0 Å². The van der Waals surface area contributed by atoms with Crippen molar-refractivity contribution in [3.63, 3.8) is 0 Å². The Bertz CT molecular complexity index is 1030. The van der Waals surface area contributed by atoms with Crippen molar-refractivity contribution < 1.29 is 8.42 Å². The van der Waals surface area contributed by atoms with Crippen molar-refractivity contribution >= 4 is 38.3 Å². The minimum Gasteiger partial charge on any atom is -0.355 e. The van der Waals surface area contributed by atoms with Gasteiger partial charge < -0.3 is 10.3 Å². The van der Waals surface area contributed by atoms with Gasteiger partial charge in [-0.3, -0.25) is 9.52 Å². The number of benzene rings is 1. The first-order valence-electron chi connectivity index (χ1n) is 6.56. The van der Waals surface area contributed by atoms with Crippen LogP contribution in [-0.4, -0.2) is 18.4 Å². The smallest absolute Gasteiger partial charge is 0.296 e. The van der Waals surface area contributed by atoms with Gasteiger partial charge in [0.25, 0.3) is 10.2 Å². The fourth-order valence-electron chi connectivity index (χ4n) is 2.15. The van der Waals surface area contributed by atoms with Crippen LogP contribution >= 0.6 is 0 Å². The van der Waals surface area contributed by atoms with Crippen LogP contribution in [0, 0.1) is 0 Å². The Hall–Kier alpha value is -2.91. The summed E-state index contributed by atoms with van der Waals surface area (Å²) >= 11 is 0. The standard InChI is InChI=1S/C14H13N5O3S/c15-23(21,22)19-10-3-1-2-9(8-10)17-12-6-7-16-14-11(12)4-5-13(20)18-14/h1-8,19H,(H2,15,21,22)(H2,16,17,18,20). The first-order valence-corrected chi connectivity index (χ1v) is 8.11. The van der Waals surface area contributed by atoms with Crippen molar-refractivity contribution in [3.8, 4) is 0 Å². The van der Waals surface area contributed by atoms with Crippen LogP contribution in [0.1, 0.15) is 0 Å². The molecule has 118 valence electrons. The number of nitrogens with two attached hydrogens (primary N) is 1. The summed E-state index contributed by atoms with van der Waals surface area (Å²) in [6, 6.07) is 11.5. The lowest BCUT2D eigenvalue weighted by molar-refractivity contribution is 0.603. The van der Waals surface area contributed by atoms with E-state index >= 15 is 0 Å². The van der Waals surface area contributed by atoms with Crippen molar-refractivity contribution in [3.05, 3.63) is 59.0 Å². The Kier molecular flexibility index (Phi) is 3.72. The molecule has 23 heavy (non-hydrogen) atoms. The number of aromatic nitrogens is 2. The largest absolute Gasteiger partial charge is 0.355 e. The number of rotatable bonds is 4. The number of hydrogen-bond acceptors (Lipinski definition) is 5. The zero-order chi connectivity index (χ0) is 16.4. The monoisotopic (exact) mass is 331 g/mol. The third-order valence-corrected chi connectivity index (χ3v) is 3.56. The van der Waals surface area contributed by atoms with Crippen molar-refractivity contribution in [1.82, 2.24) is 9.97 Å². The SMILES string of the molecule is NS(=O)(=O)Nc1cccc(Nc2ccnc3[nH]c(=O)ccc23)c1. The number of pyridine rings is 2. The van der Waals surface area contributed by atoms with Crippen LogP contribution in [0.3, 0.4) is 0 Å². The predicted molar refractivity (Wildman–Crippen MR) is 88.8 cm³/mol. The van der Waals surface area contributed by atoms with Gasteiger partial charge in [-0.25, -0.2) is 10.1 Å². The van der Waals surface area contributed by atoms with Crippen LogP contribution in [0.2, 0.25) is 0 Å². The highest BCUT2D eigenvalue weighted by atomic mass is 32.2. The summed E-state index contributed by atoms with van der Waals surface area (Å²) in [5.74, 6) is 0. The van der Waals surface area contributed by atoms with E-state index in [-0.39, 0.29) is 5.56 Å². The molecule has 0 unspecified atom stereocenters. The van der Waals surface area contributed by atoms with Gasteiger partial charge in [0.1, 0.15) is 5.65 Å². The topological polar surface area (TPSA) is 130 Å². The summed E-state index contributed by atoms with van der Waals surface area (Å²) < 4.78 is 24.4. The third-order valence-electron chi connectivity index (χ3n) is 3.03. The molecule has 0 aliphatic rings. The van der Waals surface area contributed by atoms with E-state index in [4.69, 9.17) is 5.14 Å². The normalized spacial score (nSPS) is 11.3. The molecule has 0 saturated carbocycles. The number of fused-ring (bicyclic) bond motifs is 1. The lowest BCUT2D eigenvalue weighted by Gasteiger charge is -2.11. The Morgan fingerprint density at radius 2 is 1.87 bits per heavy atom. The van der Waals surface area contributed by atoms with Crippen molar-refractivity contribution in [1.29, 1.82) is 0 Å². The Labute approximate surface area is 131 Å². The van der Waals surface area contributed by atoms with Crippen LogP contribution in [0.25, 0.3) is 11.0 Å². The van der Waals surface area contributed by atoms with Gasteiger partial charge in [0.05, 0.1) is 11.4 Å². The van der Waals surface area contributed by atoms with Gasteiger partial charge in [0.2, 0.25) is 5.56 Å². The fourth-order valence-corrected chi connectivity index (χ4v) is 2.60. The molecule has 0 radical (unpaired) electrons. The van der Waals surface area contributed by atoms with Crippen LogP contribution in [0.15, 0.2) is 53.5 Å². The molecule has 1 aromatic carbocycles. The van der Waals surface area contributed by atoms with E-state index in [1.54, 1.807) is 42.6 Å². The average Bonchev–Trinajstić information content (AvgIpc) is 2.45. The Morgan fingerprint density at radius 3 is 2.65 bits per heavy atom. The number of nitrogens with one attached hydrogen (secondary N) is 3. The molecule has 0 aliphatic carbocycles. The molecule has 0 bridgehead atoms. The van der Waals surface area contributed by atoms with Crippen LogP contribution in [0.4, 0.5) is 17.1 Å². The second-order valence-electron chi connectivity index (χ2n) is 4.80. The van der Waals surface area contributed by atoms with Crippen LogP contribution in [0.5, 0.6) is 0 Å². The molecular formula is C14H13N5O3S. The van der Waals surface area contributed by atoms with E-state index in [0.29, 0.717) is 17.0 Å². The van der Waals surface area contributed by atoms with E-state index in [9.17, 15) is 13.2 Å². The van der Waals surface area contributed by atoms with Crippen molar-refractivity contribution in [2.45, 2.75) is 0 Å². The minimum atomic E-state index is -3.83. The summed E-state index contributed by atoms with van der Waals surface area (Å²) in [4.78, 5) is 18.1. The van der Waals surface area contributed by atoms with E-state index in [1.807, 2.05) is 0 Å². The lowest BCUT2D eigenvalue weighted by atomic mass is 10.2. The second kappa shape index (κ2) is 5.71. The summed E-state index contributed by atoms with van der Waals surface area (Å²) in [7, 11) is -3.83. The minimum absolute atomic E-state index is 0.235. The molecule has 3 aromatic rings. The van der Waals surface area contributed by atoms with E-state index < -0.39 is 10.2 Å². The molecule has 8 nitrogen and oxygen atoms in total. The number of H-pyrrole nitrogens is 1. The third kappa shape index (κ3) is 3.65. The molecule has 0 saturated heterocycles. The predicted octanol–water partition coefficient (Wildman–Crippen LogP) is 1.28. The molecule has 2 aromatic heterocycles. The highest BCUT2D eigenvalue weighted by molar-refractivity contribution is 7.90. The molecule has 0 amide bonds.